The summed E-state index contributed by atoms with van der Waals surface area (Å²) in [7, 11) is -3.50. The molecule has 1 heterocycles. The largest absolute Gasteiger partial charge is 0.481 e. The van der Waals surface area contributed by atoms with Crippen molar-refractivity contribution < 1.29 is 22.3 Å². The van der Waals surface area contributed by atoms with Gasteiger partial charge in [-0.2, -0.15) is 5.26 Å². The van der Waals surface area contributed by atoms with Gasteiger partial charge >= 0.3 is 0 Å². The number of nitrogens with zero attached hydrogens (tertiary/aromatic N) is 2. The molecule has 0 aliphatic carbocycles. The minimum atomic E-state index is -3.50. The van der Waals surface area contributed by atoms with E-state index in [1.165, 1.54) is 23.1 Å². The SMILES string of the molecule is CS(=O)(=O)c1ccccc1-c1ccc(N2CCCC(Oc3cccc(C#N)c3)C2=O)c(F)c1. The summed E-state index contributed by atoms with van der Waals surface area (Å²) in [5.41, 5.74) is 1.33. The van der Waals surface area contributed by atoms with Crippen molar-refractivity contribution >= 4 is 21.4 Å². The van der Waals surface area contributed by atoms with Crippen molar-refractivity contribution in [2.24, 2.45) is 0 Å². The van der Waals surface area contributed by atoms with Crippen molar-refractivity contribution in [2.75, 3.05) is 17.7 Å². The molecular formula is C25H21FN2O4S. The van der Waals surface area contributed by atoms with Crippen LogP contribution in [0.25, 0.3) is 11.1 Å². The fourth-order valence-corrected chi connectivity index (χ4v) is 4.83. The summed E-state index contributed by atoms with van der Waals surface area (Å²) in [6, 6.07) is 19.3. The molecule has 1 amide bonds. The molecule has 0 saturated carbocycles. The van der Waals surface area contributed by atoms with Gasteiger partial charge < -0.3 is 9.64 Å². The molecule has 3 aromatic carbocycles. The quantitative estimate of drug-likeness (QED) is 0.561. The molecule has 6 nitrogen and oxygen atoms in total. The number of carbonyl (C=O) groups is 1. The topological polar surface area (TPSA) is 87.5 Å². The Labute approximate surface area is 191 Å². The van der Waals surface area contributed by atoms with Crippen molar-refractivity contribution in [3.63, 3.8) is 0 Å². The van der Waals surface area contributed by atoms with Crippen LogP contribution in [0.4, 0.5) is 10.1 Å². The van der Waals surface area contributed by atoms with E-state index < -0.39 is 21.8 Å². The monoisotopic (exact) mass is 464 g/mol. The van der Waals surface area contributed by atoms with Gasteiger partial charge in [-0.3, -0.25) is 4.79 Å². The van der Waals surface area contributed by atoms with Crippen LogP contribution in [-0.4, -0.2) is 33.2 Å². The number of anilines is 1. The molecule has 0 radical (unpaired) electrons. The van der Waals surface area contributed by atoms with Crippen LogP contribution in [-0.2, 0) is 14.6 Å². The zero-order valence-electron chi connectivity index (χ0n) is 17.9. The molecule has 1 saturated heterocycles. The average molecular weight is 465 g/mol. The van der Waals surface area contributed by atoms with Gasteiger partial charge in [0.25, 0.3) is 5.91 Å². The highest BCUT2D eigenvalue weighted by Crippen LogP contribution is 2.32. The Morgan fingerprint density at radius 3 is 2.61 bits per heavy atom. The summed E-state index contributed by atoms with van der Waals surface area (Å²) in [6.45, 7) is 0.340. The number of rotatable bonds is 5. The maximum Gasteiger partial charge on any atom is 0.268 e. The molecule has 1 aliphatic heterocycles. The fourth-order valence-electron chi connectivity index (χ4n) is 3.92. The highest BCUT2D eigenvalue weighted by atomic mass is 32.2. The number of ether oxygens (including phenoxy) is 1. The van der Waals surface area contributed by atoms with E-state index in [0.717, 1.165) is 6.26 Å². The van der Waals surface area contributed by atoms with Crippen LogP contribution in [0.1, 0.15) is 18.4 Å². The molecule has 0 N–H and O–H groups in total. The Hall–Kier alpha value is -3.70. The first-order valence-corrected chi connectivity index (χ1v) is 12.2. The molecule has 3 aromatic rings. The van der Waals surface area contributed by atoms with Crippen molar-refractivity contribution in [3.8, 4) is 22.9 Å². The summed E-state index contributed by atoms with van der Waals surface area (Å²) in [5, 5.41) is 9.05. The van der Waals surface area contributed by atoms with E-state index in [1.807, 2.05) is 6.07 Å². The minimum absolute atomic E-state index is 0.110. The van der Waals surface area contributed by atoms with Gasteiger partial charge in [0.1, 0.15) is 11.6 Å². The van der Waals surface area contributed by atoms with Crippen molar-refractivity contribution in [3.05, 3.63) is 78.1 Å². The predicted molar refractivity (Wildman–Crippen MR) is 122 cm³/mol. The molecule has 1 unspecified atom stereocenters. The smallest absolute Gasteiger partial charge is 0.268 e. The standard InChI is InChI=1S/C25H21FN2O4S/c1-33(30,31)24-10-3-2-8-20(24)18-11-12-22(21(26)15-18)28-13-5-9-23(25(28)29)32-19-7-4-6-17(14-19)16-27/h2-4,6-8,10-12,14-15,23H,5,9,13H2,1H3. The maximum absolute atomic E-state index is 15.2. The third kappa shape index (κ3) is 4.73. The zero-order valence-corrected chi connectivity index (χ0v) is 18.7. The van der Waals surface area contributed by atoms with E-state index in [-0.39, 0.29) is 16.5 Å². The minimum Gasteiger partial charge on any atom is -0.481 e. The van der Waals surface area contributed by atoms with Crippen LogP contribution < -0.4 is 9.64 Å². The van der Waals surface area contributed by atoms with Crippen LogP contribution >= 0.6 is 0 Å². The van der Waals surface area contributed by atoms with E-state index in [0.29, 0.717) is 41.8 Å². The second-order valence-corrected chi connectivity index (χ2v) is 9.80. The summed E-state index contributed by atoms with van der Waals surface area (Å²) in [4.78, 5) is 14.5. The first-order valence-electron chi connectivity index (χ1n) is 10.3. The second-order valence-electron chi connectivity index (χ2n) is 7.81. The Morgan fingerprint density at radius 1 is 1.09 bits per heavy atom. The zero-order chi connectivity index (χ0) is 23.6. The molecule has 1 fully saturated rings. The number of halogens is 1. The molecule has 0 bridgehead atoms. The molecule has 33 heavy (non-hydrogen) atoms. The van der Waals surface area contributed by atoms with E-state index in [1.54, 1.807) is 48.5 Å². The van der Waals surface area contributed by atoms with E-state index >= 15 is 4.39 Å². The molecule has 0 spiro atoms. The summed E-state index contributed by atoms with van der Waals surface area (Å²) in [5.74, 6) is -0.592. The van der Waals surface area contributed by atoms with Crippen molar-refractivity contribution in [1.82, 2.24) is 0 Å². The van der Waals surface area contributed by atoms with Crippen LogP contribution in [0, 0.1) is 17.1 Å². The highest BCUT2D eigenvalue weighted by Gasteiger charge is 2.33. The van der Waals surface area contributed by atoms with Gasteiger partial charge in [0.15, 0.2) is 15.9 Å². The lowest BCUT2D eigenvalue weighted by Crippen LogP contribution is -2.47. The Bertz CT molecular complexity index is 1360. The van der Waals surface area contributed by atoms with Crippen LogP contribution in [0.5, 0.6) is 5.75 Å². The first kappa shape index (κ1) is 22.5. The number of benzene rings is 3. The van der Waals surface area contributed by atoms with E-state index in [2.05, 4.69) is 0 Å². The van der Waals surface area contributed by atoms with Gasteiger partial charge in [-0.1, -0.05) is 30.3 Å². The number of hydrogen-bond acceptors (Lipinski definition) is 5. The normalized spacial score (nSPS) is 16.3. The number of carbonyl (C=O) groups excluding carboxylic acids is 1. The lowest BCUT2D eigenvalue weighted by molar-refractivity contribution is -0.127. The van der Waals surface area contributed by atoms with Gasteiger partial charge in [-0.05, 0) is 54.8 Å². The van der Waals surface area contributed by atoms with Gasteiger partial charge in [-0.25, -0.2) is 12.8 Å². The van der Waals surface area contributed by atoms with Crippen molar-refractivity contribution in [1.29, 1.82) is 5.26 Å². The van der Waals surface area contributed by atoms with Crippen LogP contribution in [0.2, 0.25) is 0 Å². The Kier molecular flexibility index (Phi) is 6.16. The second kappa shape index (κ2) is 9.04. The van der Waals surface area contributed by atoms with Gasteiger partial charge in [0.2, 0.25) is 0 Å². The van der Waals surface area contributed by atoms with Gasteiger partial charge in [0, 0.05) is 18.4 Å². The molecule has 4 rings (SSSR count). The summed E-state index contributed by atoms with van der Waals surface area (Å²) < 4.78 is 45.2. The van der Waals surface area contributed by atoms with Gasteiger partial charge in [0.05, 0.1) is 22.2 Å². The van der Waals surface area contributed by atoms with E-state index in [4.69, 9.17) is 10.00 Å². The average Bonchev–Trinajstić information content (AvgIpc) is 2.80. The molecular weight excluding hydrogens is 443 g/mol. The number of piperidine rings is 1. The maximum atomic E-state index is 15.2. The van der Waals surface area contributed by atoms with Crippen LogP contribution in [0.15, 0.2) is 71.6 Å². The van der Waals surface area contributed by atoms with E-state index in [9.17, 15) is 13.2 Å². The number of sulfone groups is 1. The molecule has 1 atom stereocenters. The third-order valence-corrected chi connectivity index (χ3v) is 6.62. The molecule has 8 heteroatoms. The third-order valence-electron chi connectivity index (χ3n) is 5.47. The predicted octanol–water partition coefficient (Wildman–Crippen LogP) is 4.34. The molecule has 168 valence electrons. The summed E-state index contributed by atoms with van der Waals surface area (Å²) >= 11 is 0. The lowest BCUT2D eigenvalue weighted by atomic mass is 10.0. The number of hydrogen-bond donors (Lipinski definition) is 0. The number of amides is 1. The Morgan fingerprint density at radius 2 is 1.88 bits per heavy atom. The fraction of sp³-hybridized carbons (Fsp3) is 0.200. The lowest BCUT2D eigenvalue weighted by Gasteiger charge is -2.32. The van der Waals surface area contributed by atoms with Crippen molar-refractivity contribution in [2.45, 2.75) is 23.8 Å². The van der Waals surface area contributed by atoms with Crippen LogP contribution in [0.3, 0.4) is 0 Å². The molecule has 0 aromatic heterocycles. The highest BCUT2D eigenvalue weighted by molar-refractivity contribution is 7.90. The number of nitriles is 1. The summed E-state index contributed by atoms with van der Waals surface area (Å²) in [6.07, 6.45) is 1.41. The van der Waals surface area contributed by atoms with Gasteiger partial charge in [-0.15, -0.1) is 0 Å². The first-order chi connectivity index (χ1) is 15.8. The Balaban J connectivity index is 1.61. The molecule has 1 aliphatic rings.